The van der Waals surface area contributed by atoms with E-state index in [0.29, 0.717) is 12.1 Å². The van der Waals surface area contributed by atoms with Crippen LogP contribution in [0.1, 0.15) is 39.2 Å². The molecule has 0 aromatic heterocycles. The number of carbonyl (C=O) groups excluding carboxylic acids is 1. The molecule has 1 amide bonds. The first kappa shape index (κ1) is 14.6. The van der Waals surface area contributed by atoms with Crippen LogP contribution in [0.5, 0.6) is 0 Å². The second kappa shape index (κ2) is 5.45. The van der Waals surface area contributed by atoms with Crippen molar-refractivity contribution in [2.75, 3.05) is 19.6 Å². The minimum Gasteiger partial charge on any atom is -0.338 e. The maximum Gasteiger partial charge on any atom is 0.219 e. The number of piperidine rings is 1. The molecular formula is C18H26N2O. The quantitative estimate of drug-likeness (QED) is 0.834. The normalized spacial score (nSPS) is 29.7. The number of carbonyl (C=O) groups is 1. The topological polar surface area (TPSA) is 23.6 Å². The average Bonchev–Trinajstić information content (AvgIpc) is 2.88. The summed E-state index contributed by atoms with van der Waals surface area (Å²) in [6.45, 7) is 9.27. The van der Waals surface area contributed by atoms with Crippen molar-refractivity contribution in [3.8, 4) is 0 Å². The van der Waals surface area contributed by atoms with Gasteiger partial charge in [-0.25, -0.2) is 0 Å². The third kappa shape index (κ3) is 2.38. The second-order valence-electron chi connectivity index (χ2n) is 6.84. The highest BCUT2D eigenvalue weighted by molar-refractivity contribution is 5.74. The third-order valence-corrected chi connectivity index (χ3v) is 5.55. The van der Waals surface area contributed by atoms with Gasteiger partial charge in [0.25, 0.3) is 0 Å². The zero-order chi connectivity index (χ0) is 15.0. The Hall–Kier alpha value is -1.35. The van der Waals surface area contributed by atoms with Crippen LogP contribution in [-0.4, -0.2) is 47.4 Å². The Morgan fingerprint density at radius 1 is 1.19 bits per heavy atom. The molecule has 0 N–H and O–H groups in total. The fraction of sp³-hybridized carbons (Fsp3) is 0.611. The van der Waals surface area contributed by atoms with E-state index in [2.05, 4.69) is 54.0 Å². The highest BCUT2D eigenvalue weighted by Crippen LogP contribution is 2.46. The molecule has 0 radical (unpaired) electrons. The van der Waals surface area contributed by atoms with Crippen molar-refractivity contribution in [2.24, 2.45) is 0 Å². The summed E-state index contributed by atoms with van der Waals surface area (Å²) < 4.78 is 0. The van der Waals surface area contributed by atoms with Gasteiger partial charge in [-0.15, -0.1) is 0 Å². The second-order valence-corrected chi connectivity index (χ2v) is 6.84. The number of hydrogen-bond acceptors (Lipinski definition) is 2. The monoisotopic (exact) mass is 286 g/mol. The fourth-order valence-electron chi connectivity index (χ4n) is 4.26. The van der Waals surface area contributed by atoms with Gasteiger partial charge in [0.15, 0.2) is 0 Å². The summed E-state index contributed by atoms with van der Waals surface area (Å²) in [5, 5.41) is 0. The maximum atomic E-state index is 12.1. The van der Waals surface area contributed by atoms with E-state index < -0.39 is 0 Å². The molecule has 2 aliphatic heterocycles. The van der Waals surface area contributed by atoms with Crippen LogP contribution in [0.3, 0.4) is 0 Å². The molecule has 2 fully saturated rings. The molecular weight excluding hydrogens is 260 g/mol. The van der Waals surface area contributed by atoms with Gasteiger partial charge >= 0.3 is 0 Å². The van der Waals surface area contributed by atoms with Gasteiger partial charge in [0, 0.05) is 31.5 Å². The predicted octanol–water partition coefficient (Wildman–Crippen LogP) is 2.66. The van der Waals surface area contributed by atoms with Gasteiger partial charge < -0.3 is 4.90 Å². The van der Waals surface area contributed by atoms with E-state index >= 15 is 0 Å². The molecule has 2 atom stereocenters. The molecule has 2 heterocycles. The van der Waals surface area contributed by atoms with E-state index in [1.165, 1.54) is 5.56 Å². The molecule has 114 valence electrons. The van der Waals surface area contributed by atoms with Gasteiger partial charge in [-0.3, -0.25) is 9.69 Å². The Balaban J connectivity index is 1.97. The summed E-state index contributed by atoms with van der Waals surface area (Å²) >= 11 is 0. The van der Waals surface area contributed by atoms with Crippen molar-refractivity contribution in [3.05, 3.63) is 35.9 Å². The van der Waals surface area contributed by atoms with Crippen molar-refractivity contribution < 1.29 is 4.79 Å². The first-order chi connectivity index (χ1) is 10.0. The number of hydrogen-bond donors (Lipinski definition) is 0. The van der Waals surface area contributed by atoms with Gasteiger partial charge in [0.2, 0.25) is 5.91 Å². The molecule has 0 bridgehead atoms. The predicted molar refractivity (Wildman–Crippen MR) is 85.2 cm³/mol. The lowest BCUT2D eigenvalue weighted by Gasteiger charge is -2.47. The van der Waals surface area contributed by atoms with Crippen molar-refractivity contribution in [3.63, 3.8) is 0 Å². The number of nitrogens with zero attached hydrogens (tertiary/aromatic N) is 2. The Labute approximate surface area is 127 Å². The van der Waals surface area contributed by atoms with Gasteiger partial charge in [-0.05, 0) is 38.8 Å². The van der Waals surface area contributed by atoms with Crippen LogP contribution in [0.4, 0.5) is 0 Å². The molecule has 2 unspecified atom stereocenters. The van der Waals surface area contributed by atoms with Crippen LogP contribution >= 0.6 is 0 Å². The summed E-state index contributed by atoms with van der Waals surface area (Å²) in [4.78, 5) is 16.7. The Morgan fingerprint density at radius 3 is 2.48 bits per heavy atom. The maximum absolute atomic E-state index is 12.1. The minimum absolute atomic E-state index is 0.165. The standard InChI is InChI=1S/C18H26N2O/c1-14(2)19-11-9-18(16-7-5-4-6-8-16)10-12-20(15(3)21)17(18)13-19/h4-8,14,17H,9-13H2,1-3H3. The van der Waals surface area contributed by atoms with Gasteiger partial charge in [-0.1, -0.05) is 30.3 Å². The lowest BCUT2D eigenvalue weighted by molar-refractivity contribution is -0.131. The van der Waals surface area contributed by atoms with Crippen LogP contribution in [0.2, 0.25) is 0 Å². The first-order valence-electron chi connectivity index (χ1n) is 8.11. The smallest absolute Gasteiger partial charge is 0.219 e. The zero-order valence-corrected chi connectivity index (χ0v) is 13.4. The van der Waals surface area contributed by atoms with Gasteiger partial charge in [0.1, 0.15) is 0 Å². The third-order valence-electron chi connectivity index (χ3n) is 5.55. The molecule has 0 spiro atoms. The number of likely N-dealkylation sites (tertiary alicyclic amines) is 2. The molecule has 21 heavy (non-hydrogen) atoms. The molecule has 3 heteroatoms. The van der Waals surface area contributed by atoms with E-state index in [9.17, 15) is 4.79 Å². The van der Waals surface area contributed by atoms with E-state index in [-0.39, 0.29) is 11.3 Å². The summed E-state index contributed by atoms with van der Waals surface area (Å²) in [6.07, 6.45) is 2.26. The highest BCUT2D eigenvalue weighted by Gasteiger charge is 2.52. The molecule has 2 aliphatic rings. The van der Waals surface area contributed by atoms with E-state index in [1.54, 1.807) is 6.92 Å². The first-order valence-corrected chi connectivity index (χ1v) is 8.11. The van der Waals surface area contributed by atoms with Crippen LogP contribution in [0.25, 0.3) is 0 Å². The molecule has 2 saturated heterocycles. The lowest BCUT2D eigenvalue weighted by atomic mass is 9.69. The van der Waals surface area contributed by atoms with Gasteiger partial charge in [-0.2, -0.15) is 0 Å². The lowest BCUT2D eigenvalue weighted by Crippen LogP contribution is -2.57. The van der Waals surface area contributed by atoms with Crippen LogP contribution in [0, 0.1) is 0 Å². The Bertz CT molecular complexity index is 513. The van der Waals surface area contributed by atoms with Crippen LogP contribution < -0.4 is 0 Å². The number of amides is 1. The highest BCUT2D eigenvalue weighted by atomic mass is 16.2. The van der Waals surface area contributed by atoms with Crippen molar-refractivity contribution in [2.45, 2.75) is 51.1 Å². The van der Waals surface area contributed by atoms with E-state index in [4.69, 9.17) is 0 Å². The molecule has 3 nitrogen and oxygen atoms in total. The Morgan fingerprint density at radius 2 is 1.86 bits per heavy atom. The molecule has 0 saturated carbocycles. The van der Waals surface area contributed by atoms with Gasteiger partial charge in [0.05, 0.1) is 6.04 Å². The van der Waals surface area contributed by atoms with Crippen LogP contribution in [-0.2, 0) is 10.2 Å². The van der Waals surface area contributed by atoms with E-state index in [0.717, 1.165) is 32.5 Å². The zero-order valence-electron chi connectivity index (χ0n) is 13.4. The number of rotatable bonds is 2. The SMILES string of the molecule is CC(=O)N1CCC2(c3ccccc3)CCN(C(C)C)CC12. The number of benzene rings is 1. The fourth-order valence-corrected chi connectivity index (χ4v) is 4.26. The average molecular weight is 286 g/mol. The largest absolute Gasteiger partial charge is 0.338 e. The summed E-state index contributed by atoms with van der Waals surface area (Å²) in [5.74, 6) is 0.225. The van der Waals surface area contributed by atoms with Crippen molar-refractivity contribution in [1.82, 2.24) is 9.80 Å². The summed E-state index contributed by atoms with van der Waals surface area (Å²) in [7, 11) is 0. The molecule has 0 aliphatic carbocycles. The minimum atomic E-state index is 0.165. The molecule has 1 aromatic carbocycles. The van der Waals surface area contributed by atoms with Crippen molar-refractivity contribution in [1.29, 1.82) is 0 Å². The molecule has 3 rings (SSSR count). The summed E-state index contributed by atoms with van der Waals surface area (Å²) in [5.41, 5.74) is 1.58. The van der Waals surface area contributed by atoms with Crippen molar-refractivity contribution >= 4 is 5.91 Å². The van der Waals surface area contributed by atoms with E-state index in [1.807, 2.05) is 0 Å². The Kier molecular flexibility index (Phi) is 3.78. The summed E-state index contributed by atoms with van der Waals surface area (Å²) in [6, 6.07) is 11.7. The van der Waals surface area contributed by atoms with Crippen LogP contribution in [0.15, 0.2) is 30.3 Å². The number of fused-ring (bicyclic) bond motifs is 1. The molecule has 1 aromatic rings.